The molecule has 0 spiro atoms. The third-order valence-corrected chi connectivity index (χ3v) is 7.98. The summed E-state index contributed by atoms with van der Waals surface area (Å²) in [5.74, 6) is -0.00499. The van der Waals surface area contributed by atoms with Crippen molar-refractivity contribution in [2.24, 2.45) is 0 Å². The lowest BCUT2D eigenvalue weighted by molar-refractivity contribution is -0.0169. The number of nitrogens with zero attached hydrogens (tertiary/aromatic N) is 2. The van der Waals surface area contributed by atoms with Crippen LogP contribution < -0.4 is 5.32 Å². The summed E-state index contributed by atoms with van der Waals surface area (Å²) in [4.78, 5) is 22.0. The average molecular weight is 436 g/mol. The highest BCUT2D eigenvalue weighted by Gasteiger charge is 2.43. The second kappa shape index (κ2) is 7.72. The standard InChI is InChI=1S/C26H33N3OS/c1-16-11-19-20(13-22(23-9-8-10-31-23)28-21(19)12-17(16)2)24(30)27-18-14-25(3,4)29(7)26(5,6)15-18/h8-13,18H,14-15H2,1-7H3,(H,27,30). The third kappa shape index (κ3) is 4.13. The fourth-order valence-electron chi connectivity index (χ4n) is 4.96. The Morgan fingerprint density at radius 1 is 1.10 bits per heavy atom. The van der Waals surface area contributed by atoms with Crippen molar-refractivity contribution in [1.82, 2.24) is 15.2 Å². The van der Waals surface area contributed by atoms with E-state index in [-0.39, 0.29) is 23.0 Å². The molecule has 1 N–H and O–H groups in total. The quantitative estimate of drug-likeness (QED) is 0.552. The van der Waals surface area contributed by atoms with Crippen LogP contribution >= 0.6 is 11.3 Å². The summed E-state index contributed by atoms with van der Waals surface area (Å²) in [6.07, 6.45) is 1.86. The first-order chi connectivity index (χ1) is 14.5. The highest BCUT2D eigenvalue weighted by molar-refractivity contribution is 7.13. The van der Waals surface area contributed by atoms with Crippen LogP contribution in [0.3, 0.4) is 0 Å². The van der Waals surface area contributed by atoms with Crippen molar-refractivity contribution in [1.29, 1.82) is 0 Å². The molecule has 1 aromatic carbocycles. The molecule has 3 heterocycles. The smallest absolute Gasteiger partial charge is 0.252 e. The van der Waals surface area contributed by atoms with Gasteiger partial charge in [-0.25, -0.2) is 4.98 Å². The van der Waals surface area contributed by atoms with Crippen molar-refractivity contribution in [3.63, 3.8) is 0 Å². The molecule has 3 aromatic rings. The predicted octanol–water partition coefficient (Wildman–Crippen LogP) is 5.96. The lowest BCUT2D eigenvalue weighted by Crippen LogP contribution is -2.62. The first-order valence-electron chi connectivity index (χ1n) is 11.0. The van der Waals surface area contributed by atoms with Crippen LogP contribution in [0.15, 0.2) is 35.7 Å². The Bertz CT molecular complexity index is 1110. The molecule has 0 radical (unpaired) electrons. The zero-order valence-corrected chi connectivity index (χ0v) is 20.5. The average Bonchev–Trinajstić information content (AvgIpc) is 3.20. The van der Waals surface area contributed by atoms with Crippen molar-refractivity contribution >= 4 is 28.1 Å². The minimum absolute atomic E-state index is 0.00499. The summed E-state index contributed by atoms with van der Waals surface area (Å²) in [6.45, 7) is 13.2. The van der Waals surface area contributed by atoms with Gasteiger partial charge in [0.1, 0.15) is 0 Å². The molecule has 1 saturated heterocycles. The molecule has 2 aromatic heterocycles. The lowest BCUT2D eigenvalue weighted by Gasteiger charge is -2.53. The molecule has 0 unspecified atom stereocenters. The van der Waals surface area contributed by atoms with Crippen LogP contribution in [0.4, 0.5) is 0 Å². The molecule has 1 aliphatic heterocycles. The van der Waals surface area contributed by atoms with Gasteiger partial charge in [0.05, 0.1) is 21.7 Å². The molecule has 164 valence electrons. The number of benzene rings is 1. The van der Waals surface area contributed by atoms with Crippen LogP contribution in [0.25, 0.3) is 21.5 Å². The zero-order valence-electron chi connectivity index (χ0n) is 19.7. The van der Waals surface area contributed by atoms with Gasteiger partial charge < -0.3 is 5.32 Å². The van der Waals surface area contributed by atoms with Gasteiger partial charge in [0.15, 0.2) is 0 Å². The van der Waals surface area contributed by atoms with Gasteiger partial charge in [-0.15, -0.1) is 11.3 Å². The first-order valence-corrected chi connectivity index (χ1v) is 11.9. The number of pyridine rings is 1. The predicted molar refractivity (Wildman–Crippen MR) is 131 cm³/mol. The topological polar surface area (TPSA) is 45.2 Å². The number of hydrogen-bond acceptors (Lipinski definition) is 4. The maximum atomic E-state index is 13.6. The molecule has 31 heavy (non-hydrogen) atoms. The van der Waals surface area contributed by atoms with Crippen LogP contribution in [0.5, 0.6) is 0 Å². The molecule has 4 rings (SSSR count). The van der Waals surface area contributed by atoms with E-state index < -0.39 is 0 Å². The number of hydrogen-bond donors (Lipinski definition) is 1. The van der Waals surface area contributed by atoms with Crippen LogP contribution in [0.1, 0.15) is 62.0 Å². The molecular weight excluding hydrogens is 402 g/mol. The van der Waals surface area contributed by atoms with E-state index in [0.717, 1.165) is 34.3 Å². The number of carbonyl (C=O) groups excluding carboxylic acids is 1. The number of thiophene rings is 1. The van der Waals surface area contributed by atoms with Gasteiger partial charge in [0.25, 0.3) is 5.91 Å². The number of carbonyl (C=O) groups is 1. The molecule has 1 fully saturated rings. The molecule has 1 amide bonds. The molecule has 4 nitrogen and oxygen atoms in total. The molecule has 0 aliphatic carbocycles. The van der Waals surface area contributed by atoms with E-state index in [4.69, 9.17) is 4.98 Å². The summed E-state index contributed by atoms with van der Waals surface area (Å²) < 4.78 is 0. The Balaban J connectivity index is 1.74. The van der Waals surface area contributed by atoms with Gasteiger partial charge >= 0.3 is 0 Å². The monoisotopic (exact) mass is 435 g/mol. The molecule has 0 atom stereocenters. The molecule has 0 saturated carbocycles. The van der Waals surface area contributed by atoms with E-state index in [1.54, 1.807) is 11.3 Å². The minimum atomic E-state index is -0.00499. The SMILES string of the molecule is Cc1cc2nc(-c3cccs3)cc(C(=O)NC3CC(C)(C)N(C)C(C)(C)C3)c2cc1C. The van der Waals surface area contributed by atoms with E-state index in [1.807, 2.05) is 17.5 Å². The maximum Gasteiger partial charge on any atom is 0.252 e. The second-order valence-electron chi connectivity index (χ2n) is 10.2. The number of rotatable bonds is 3. The van der Waals surface area contributed by atoms with Crippen LogP contribution in [0.2, 0.25) is 0 Å². The summed E-state index contributed by atoms with van der Waals surface area (Å²) >= 11 is 1.65. The van der Waals surface area contributed by atoms with E-state index in [0.29, 0.717) is 5.56 Å². The van der Waals surface area contributed by atoms with Crippen molar-refractivity contribution in [2.75, 3.05) is 7.05 Å². The Kier molecular flexibility index (Phi) is 5.47. The van der Waals surface area contributed by atoms with Gasteiger partial charge in [0.2, 0.25) is 0 Å². The van der Waals surface area contributed by atoms with Crippen molar-refractivity contribution < 1.29 is 4.79 Å². The fourth-order valence-corrected chi connectivity index (χ4v) is 5.65. The van der Waals surface area contributed by atoms with Crippen molar-refractivity contribution in [2.45, 2.75) is 71.5 Å². The summed E-state index contributed by atoms with van der Waals surface area (Å²) in [7, 11) is 2.19. The van der Waals surface area contributed by atoms with Gasteiger partial charge in [-0.1, -0.05) is 6.07 Å². The number of fused-ring (bicyclic) bond motifs is 1. The summed E-state index contributed by atoms with van der Waals surface area (Å²) in [5, 5.41) is 6.34. The Morgan fingerprint density at radius 2 is 1.74 bits per heavy atom. The fraction of sp³-hybridized carbons (Fsp3) is 0.462. The van der Waals surface area contributed by atoms with E-state index in [2.05, 4.69) is 77.0 Å². The Labute approximate surface area is 189 Å². The summed E-state index contributed by atoms with van der Waals surface area (Å²) in [5.41, 5.74) is 4.86. The van der Waals surface area contributed by atoms with Crippen LogP contribution in [-0.2, 0) is 0 Å². The zero-order chi connectivity index (χ0) is 22.6. The van der Waals surface area contributed by atoms with E-state index >= 15 is 0 Å². The number of piperidine rings is 1. The van der Waals surface area contributed by atoms with E-state index in [1.165, 1.54) is 11.1 Å². The number of nitrogens with one attached hydrogen (secondary N) is 1. The normalized spacial score (nSPS) is 18.9. The Hall–Kier alpha value is -2.24. The van der Waals surface area contributed by atoms with Gasteiger partial charge in [0, 0.05) is 22.5 Å². The van der Waals surface area contributed by atoms with Crippen molar-refractivity contribution in [3.05, 3.63) is 52.4 Å². The highest BCUT2D eigenvalue weighted by Crippen LogP contribution is 2.37. The number of likely N-dealkylation sites (tertiary alicyclic amines) is 1. The Morgan fingerprint density at radius 3 is 2.35 bits per heavy atom. The van der Waals surface area contributed by atoms with E-state index in [9.17, 15) is 4.79 Å². The number of aryl methyl sites for hydroxylation is 2. The van der Waals surface area contributed by atoms with Gasteiger partial charge in [-0.2, -0.15) is 0 Å². The van der Waals surface area contributed by atoms with Gasteiger partial charge in [-0.05, 0) is 102 Å². The second-order valence-corrected chi connectivity index (χ2v) is 11.2. The van der Waals surface area contributed by atoms with Crippen LogP contribution in [-0.4, -0.2) is 40.0 Å². The summed E-state index contributed by atoms with van der Waals surface area (Å²) in [6, 6.07) is 10.4. The number of aromatic nitrogens is 1. The van der Waals surface area contributed by atoms with Crippen LogP contribution in [0, 0.1) is 13.8 Å². The van der Waals surface area contributed by atoms with Gasteiger partial charge in [-0.3, -0.25) is 9.69 Å². The molecule has 5 heteroatoms. The van der Waals surface area contributed by atoms with Crippen molar-refractivity contribution in [3.8, 4) is 10.6 Å². The first kappa shape index (κ1) is 22.0. The lowest BCUT2D eigenvalue weighted by atomic mass is 9.77. The third-order valence-electron chi connectivity index (χ3n) is 7.09. The minimum Gasteiger partial charge on any atom is -0.349 e. The maximum absolute atomic E-state index is 13.6. The number of amides is 1. The highest BCUT2D eigenvalue weighted by atomic mass is 32.1. The largest absolute Gasteiger partial charge is 0.349 e. The molecule has 0 bridgehead atoms. The molecule has 1 aliphatic rings. The molecular formula is C26H33N3OS.